The Balaban J connectivity index is 2.40. The van der Waals surface area contributed by atoms with E-state index in [-0.39, 0.29) is 5.82 Å². The minimum atomic E-state index is -0.735. The summed E-state index contributed by atoms with van der Waals surface area (Å²) in [6.45, 7) is 7.48. The molecule has 0 unspecified atom stereocenters. The molecule has 20 heavy (non-hydrogen) atoms. The molecule has 0 amide bonds. The maximum atomic E-state index is 13.3. The molecule has 0 aliphatic heterocycles. The number of aromatic nitrogens is 2. The number of aryl methyl sites for hydroxylation is 2. The number of nitrogens with zero attached hydrogens (tertiary/aromatic N) is 2. The van der Waals surface area contributed by atoms with E-state index in [0.717, 1.165) is 21.8 Å². The molecule has 2 aromatic rings. The first-order valence-corrected chi connectivity index (χ1v) is 7.17. The van der Waals surface area contributed by atoms with Crippen LogP contribution in [-0.4, -0.2) is 15.1 Å². The van der Waals surface area contributed by atoms with Gasteiger partial charge in [-0.1, -0.05) is 0 Å². The molecule has 1 aromatic carbocycles. The number of halogens is 1. The second-order valence-corrected chi connectivity index (χ2v) is 5.77. The van der Waals surface area contributed by atoms with Crippen LogP contribution in [0.25, 0.3) is 0 Å². The standard InChI is InChI=1S/C15H17FN2OS/c1-8-9(2)17-15(18-10(8)3)20-14-6-5-12(16)7-13(14)11(4)19/h5-7,11,19H,1-4H3/t11-/m1/s1. The Labute approximate surface area is 122 Å². The van der Waals surface area contributed by atoms with E-state index in [1.165, 1.54) is 23.9 Å². The van der Waals surface area contributed by atoms with Gasteiger partial charge in [0, 0.05) is 16.3 Å². The monoisotopic (exact) mass is 292 g/mol. The summed E-state index contributed by atoms with van der Waals surface area (Å²) >= 11 is 1.34. The first-order valence-electron chi connectivity index (χ1n) is 6.35. The third-order valence-corrected chi connectivity index (χ3v) is 4.19. The van der Waals surface area contributed by atoms with E-state index in [1.807, 2.05) is 20.8 Å². The van der Waals surface area contributed by atoms with Crippen molar-refractivity contribution in [2.75, 3.05) is 0 Å². The van der Waals surface area contributed by atoms with Crippen LogP contribution in [0.2, 0.25) is 0 Å². The number of hydrogen-bond donors (Lipinski definition) is 1. The van der Waals surface area contributed by atoms with Gasteiger partial charge in [-0.3, -0.25) is 0 Å². The van der Waals surface area contributed by atoms with Crippen molar-refractivity contribution >= 4 is 11.8 Å². The second-order valence-electron chi connectivity index (χ2n) is 4.76. The van der Waals surface area contributed by atoms with Crippen LogP contribution < -0.4 is 0 Å². The highest BCUT2D eigenvalue weighted by Crippen LogP contribution is 2.32. The van der Waals surface area contributed by atoms with Crippen LogP contribution >= 0.6 is 11.8 Å². The topological polar surface area (TPSA) is 46.0 Å². The zero-order valence-corrected chi connectivity index (χ0v) is 12.8. The summed E-state index contributed by atoms with van der Waals surface area (Å²) in [6.07, 6.45) is -0.735. The van der Waals surface area contributed by atoms with Gasteiger partial charge in [-0.25, -0.2) is 14.4 Å². The van der Waals surface area contributed by atoms with E-state index in [4.69, 9.17) is 0 Å². The van der Waals surface area contributed by atoms with Crippen molar-refractivity contribution in [2.45, 2.75) is 43.9 Å². The molecular formula is C15H17FN2OS. The Morgan fingerprint density at radius 1 is 1.15 bits per heavy atom. The SMILES string of the molecule is Cc1nc(Sc2ccc(F)cc2[C@@H](C)O)nc(C)c1C. The zero-order chi connectivity index (χ0) is 14.9. The molecule has 0 bridgehead atoms. The fourth-order valence-electron chi connectivity index (χ4n) is 1.82. The first kappa shape index (κ1) is 14.9. The third kappa shape index (κ3) is 3.16. The maximum Gasteiger partial charge on any atom is 0.192 e. The largest absolute Gasteiger partial charge is 0.389 e. The first-order chi connectivity index (χ1) is 9.38. The molecule has 1 N–H and O–H groups in total. The Hall–Kier alpha value is -1.46. The van der Waals surface area contributed by atoms with Crippen LogP contribution in [0.3, 0.4) is 0 Å². The molecule has 0 radical (unpaired) electrons. The van der Waals surface area contributed by atoms with Crippen LogP contribution in [0.1, 0.15) is 35.5 Å². The molecule has 0 spiro atoms. The maximum absolute atomic E-state index is 13.3. The number of hydrogen-bond acceptors (Lipinski definition) is 4. The van der Waals surface area contributed by atoms with Gasteiger partial charge in [-0.2, -0.15) is 0 Å². The second kappa shape index (κ2) is 5.89. The number of benzene rings is 1. The minimum absolute atomic E-state index is 0.359. The molecule has 2 rings (SSSR count). The van der Waals surface area contributed by atoms with Crippen molar-refractivity contribution < 1.29 is 9.50 Å². The van der Waals surface area contributed by atoms with E-state index < -0.39 is 6.10 Å². The normalized spacial score (nSPS) is 12.5. The van der Waals surface area contributed by atoms with Gasteiger partial charge in [0.2, 0.25) is 0 Å². The van der Waals surface area contributed by atoms with Gasteiger partial charge < -0.3 is 5.11 Å². The fraction of sp³-hybridized carbons (Fsp3) is 0.333. The van der Waals surface area contributed by atoms with Gasteiger partial charge in [-0.05, 0) is 68.8 Å². The summed E-state index contributed by atoms with van der Waals surface area (Å²) in [7, 11) is 0. The predicted molar refractivity (Wildman–Crippen MR) is 77.4 cm³/mol. The van der Waals surface area contributed by atoms with Crippen molar-refractivity contribution in [2.24, 2.45) is 0 Å². The van der Waals surface area contributed by atoms with E-state index in [9.17, 15) is 9.50 Å². The summed E-state index contributed by atoms with van der Waals surface area (Å²) in [6, 6.07) is 4.37. The molecule has 0 aliphatic rings. The predicted octanol–water partition coefficient (Wildman–Crippen LogP) is 3.75. The zero-order valence-electron chi connectivity index (χ0n) is 11.9. The van der Waals surface area contributed by atoms with Crippen LogP contribution in [0.5, 0.6) is 0 Å². The highest BCUT2D eigenvalue weighted by atomic mass is 32.2. The minimum Gasteiger partial charge on any atom is -0.389 e. The molecule has 0 fully saturated rings. The smallest absolute Gasteiger partial charge is 0.192 e. The van der Waals surface area contributed by atoms with E-state index in [2.05, 4.69) is 9.97 Å². The summed E-state index contributed by atoms with van der Waals surface area (Å²) in [5.74, 6) is -0.359. The summed E-state index contributed by atoms with van der Waals surface area (Å²) in [4.78, 5) is 9.62. The van der Waals surface area contributed by atoms with Crippen molar-refractivity contribution in [3.05, 3.63) is 46.5 Å². The Bertz CT molecular complexity index is 621. The lowest BCUT2D eigenvalue weighted by Gasteiger charge is -2.12. The van der Waals surface area contributed by atoms with Gasteiger partial charge in [0.05, 0.1) is 6.10 Å². The number of aliphatic hydroxyl groups excluding tert-OH is 1. The molecule has 3 nitrogen and oxygen atoms in total. The lowest BCUT2D eigenvalue weighted by Crippen LogP contribution is -2.00. The lowest BCUT2D eigenvalue weighted by molar-refractivity contribution is 0.196. The molecule has 5 heteroatoms. The summed E-state index contributed by atoms with van der Waals surface area (Å²) in [5.41, 5.74) is 3.49. The Kier molecular flexibility index (Phi) is 4.40. The van der Waals surface area contributed by atoms with Crippen LogP contribution in [0.4, 0.5) is 4.39 Å². The van der Waals surface area contributed by atoms with Crippen molar-refractivity contribution in [3.63, 3.8) is 0 Å². The van der Waals surface area contributed by atoms with Crippen LogP contribution in [0.15, 0.2) is 28.3 Å². The lowest BCUT2D eigenvalue weighted by atomic mass is 10.1. The summed E-state index contributed by atoms with van der Waals surface area (Å²) in [5, 5.41) is 10.3. The molecule has 0 aliphatic carbocycles. The summed E-state index contributed by atoms with van der Waals surface area (Å²) < 4.78 is 13.3. The van der Waals surface area contributed by atoms with Gasteiger partial charge in [0.15, 0.2) is 5.16 Å². The van der Waals surface area contributed by atoms with E-state index >= 15 is 0 Å². The van der Waals surface area contributed by atoms with Gasteiger partial charge in [-0.15, -0.1) is 0 Å². The molecule has 1 atom stereocenters. The number of aliphatic hydroxyl groups is 1. The van der Waals surface area contributed by atoms with E-state index in [1.54, 1.807) is 13.0 Å². The van der Waals surface area contributed by atoms with Crippen LogP contribution in [-0.2, 0) is 0 Å². The van der Waals surface area contributed by atoms with Crippen molar-refractivity contribution in [1.82, 2.24) is 9.97 Å². The quantitative estimate of drug-likeness (QED) is 0.875. The highest BCUT2D eigenvalue weighted by molar-refractivity contribution is 7.99. The average molecular weight is 292 g/mol. The van der Waals surface area contributed by atoms with Gasteiger partial charge in [0.25, 0.3) is 0 Å². The van der Waals surface area contributed by atoms with Crippen molar-refractivity contribution in [1.29, 1.82) is 0 Å². The molecular weight excluding hydrogens is 275 g/mol. The molecule has 0 saturated heterocycles. The average Bonchev–Trinajstić information content (AvgIpc) is 2.37. The molecule has 106 valence electrons. The van der Waals surface area contributed by atoms with Crippen molar-refractivity contribution in [3.8, 4) is 0 Å². The third-order valence-electron chi connectivity index (χ3n) is 3.24. The highest BCUT2D eigenvalue weighted by Gasteiger charge is 2.13. The van der Waals surface area contributed by atoms with Gasteiger partial charge in [0.1, 0.15) is 5.82 Å². The fourth-order valence-corrected chi connectivity index (χ4v) is 2.87. The Morgan fingerprint density at radius 2 is 1.75 bits per heavy atom. The molecule has 1 heterocycles. The Morgan fingerprint density at radius 3 is 2.30 bits per heavy atom. The molecule has 1 aromatic heterocycles. The number of rotatable bonds is 3. The van der Waals surface area contributed by atoms with Gasteiger partial charge >= 0.3 is 0 Å². The van der Waals surface area contributed by atoms with E-state index in [0.29, 0.717) is 10.7 Å². The molecule has 0 saturated carbocycles. The van der Waals surface area contributed by atoms with Crippen LogP contribution in [0, 0.1) is 26.6 Å².